The molecule has 2 heterocycles. The van der Waals surface area contributed by atoms with E-state index < -0.39 is 0 Å². The van der Waals surface area contributed by atoms with Gasteiger partial charge in [-0.1, -0.05) is 0 Å². The summed E-state index contributed by atoms with van der Waals surface area (Å²) in [5.74, 6) is -0.261. The number of anilines is 1. The van der Waals surface area contributed by atoms with Gasteiger partial charge in [-0.05, 0) is 25.0 Å². The smallest absolute Gasteiger partial charge is 0.240 e. The fourth-order valence-electron chi connectivity index (χ4n) is 2.13. The highest BCUT2D eigenvalue weighted by molar-refractivity contribution is 5.84. The van der Waals surface area contributed by atoms with Crippen LogP contribution in [0.3, 0.4) is 0 Å². The average molecular weight is 220 g/mol. The van der Waals surface area contributed by atoms with Crippen molar-refractivity contribution >= 4 is 11.6 Å². The van der Waals surface area contributed by atoms with Crippen molar-refractivity contribution in [2.24, 2.45) is 11.5 Å². The molecule has 16 heavy (non-hydrogen) atoms. The minimum Gasteiger partial charge on any atom is -0.368 e. The number of nitrogens with zero attached hydrogens (tertiary/aromatic N) is 2. The van der Waals surface area contributed by atoms with E-state index in [2.05, 4.69) is 4.98 Å². The summed E-state index contributed by atoms with van der Waals surface area (Å²) in [6, 6.07) is 3.62. The number of carbonyl (C=O) groups excluding carboxylic acids is 1. The maximum atomic E-state index is 11.3. The molecule has 1 aromatic rings. The molecule has 2 rings (SSSR count). The van der Waals surface area contributed by atoms with Crippen LogP contribution in [0.2, 0.25) is 0 Å². The SMILES string of the molecule is NCc1cc(N2CCCC2C(N)=O)ccn1. The van der Waals surface area contributed by atoms with E-state index in [-0.39, 0.29) is 11.9 Å². The maximum absolute atomic E-state index is 11.3. The molecule has 1 saturated heterocycles. The zero-order chi connectivity index (χ0) is 11.5. The average Bonchev–Trinajstić information content (AvgIpc) is 2.78. The fourth-order valence-corrected chi connectivity index (χ4v) is 2.13. The number of aromatic nitrogens is 1. The molecular weight excluding hydrogens is 204 g/mol. The Balaban J connectivity index is 2.25. The first-order valence-electron chi connectivity index (χ1n) is 5.43. The Hall–Kier alpha value is -1.62. The Bertz CT molecular complexity index is 393. The van der Waals surface area contributed by atoms with Gasteiger partial charge in [-0.25, -0.2) is 0 Å². The predicted octanol–water partition coefficient (Wildman–Crippen LogP) is -0.00560. The third kappa shape index (κ3) is 1.99. The number of hydrogen-bond donors (Lipinski definition) is 2. The third-order valence-electron chi connectivity index (χ3n) is 2.92. The molecule has 1 aliphatic rings. The molecule has 1 unspecified atom stereocenters. The molecule has 0 aromatic carbocycles. The number of primary amides is 1. The summed E-state index contributed by atoms with van der Waals surface area (Å²) in [6.07, 6.45) is 3.54. The van der Waals surface area contributed by atoms with Gasteiger partial charge in [0.15, 0.2) is 0 Å². The summed E-state index contributed by atoms with van der Waals surface area (Å²) in [6.45, 7) is 1.27. The zero-order valence-electron chi connectivity index (χ0n) is 9.10. The lowest BCUT2D eigenvalue weighted by Gasteiger charge is -2.24. The van der Waals surface area contributed by atoms with E-state index in [0.29, 0.717) is 6.54 Å². The van der Waals surface area contributed by atoms with Gasteiger partial charge in [-0.2, -0.15) is 0 Å². The van der Waals surface area contributed by atoms with Gasteiger partial charge in [0.1, 0.15) is 6.04 Å². The van der Waals surface area contributed by atoms with Crippen molar-refractivity contribution < 1.29 is 4.79 Å². The second kappa shape index (κ2) is 4.49. The lowest BCUT2D eigenvalue weighted by atomic mass is 10.2. The molecular formula is C11H16N4O. The molecule has 5 heteroatoms. The van der Waals surface area contributed by atoms with E-state index in [1.807, 2.05) is 17.0 Å². The summed E-state index contributed by atoms with van der Waals surface area (Å²) < 4.78 is 0. The summed E-state index contributed by atoms with van der Waals surface area (Å²) in [5.41, 5.74) is 12.7. The van der Waals surface area contributed by atoms with Gasteiger partial charge < -0.3 is 16.4 Å². The molecule has 1 aromatic heterocycles. The van der Waals surface area contributed by atoms with E-state index in [0.717, 1.165) is 30.8 Å². The van der Waals surface area contributed by atoms with Crippen LogP contribution in [0.1, 0.15) is 18.5 Å². The van der Waals surface area contributed by atoms with Crippen molar-refractivity contribution in [1.29, 1.82) is 0 Å². The molecule has 0 radical (unpaired) electrons. The van der Waals surface area contributed by atoms with Crippen molar-refractivity contribution in [3.05, 3.63) is 24.0 Å². The van der Waals surface area contributed by atoms with Crippen molar-refractivity contribution in [3.63, 3.8) is 0 Å². The van der Waals surface area contributed by atoms with Crippen LogP contribution in [0.4, 0.5) is 5.69 Å². The Labute approximate surface area is 94.4 Å². The van der Waals surface area contributed by atoms with Crippen LogP contribution in [0.25, 0.3) is 0 Å². The Morgan fingerprint density at radius 2 is 2.44 bits per heavy atom. The predicted molar refractivity (Wildman–Crippen MR) is 61.7 cm³/mol. The molecule has 5 nitrogen and oxygen atoms in total. The highest BCUT2D eigenvalue weighted by Gasteiger charge is 2.29. The lowest BCUT2D eigenvalue weighted by Crippen LogP contribution is -2.40. The fraction of sp³-hybridized carbons (Fsp3) is 0.455. The van der Waals surface area contributed by atoms with Crippen LogP contribution >= 0.6 is 0 Å². The Morgan fingerprint density at radius 3 is 3.12 bits per heavy atom. The first kappa shape index (κ1) is 10.9. The number of carbonyl (C=O) groups is 1. The van der Waals surface area contributed by atoms with Gasteiger partial charge in [0, 0.05) is 25.0 Å². The largest absolute Gasteiger partial charge is 0.368 e. The number of rotatable bonds is 3. The molecule has 0 saturated carbocycles. The molecule has 0 bridgehead atoms. The van der Waals surface area contributed by atoms with E-state index >= 15 is 0 Å². The monoisotopic (exact) mass is 220 g/mol. The van der Waals surface area contributed by atoms with Gasteiger partial charge in [-0.15, -0.1) is 0 Å². The normalized spacial score (nSPS) is 20.1. The number of pyridine rings is 1. The summed E-state index contributed by atoms with van der Waals surface area (Å²) >= 11 is 0. The molecule has 1 amide bonds. The highest BCUT2D eigenvalue weighted by Crippen LogP contribution is 2.25. The summed E-state index contributed by atoms with van der Waals surface area (Å²) in [7, 11) is 0. The van der Waals surface area contributed by atoms with Crippen molar-refractivity contribution in [2.45, 2.75) is 25.4 Å². The van der Waals surface area contributed by atoms with Crippen molar-refractivity contribution in [1.82, 2.24) is 4.98 Å². The second-order valence-electron chi connectivity index (χ2n) is 3.96. The van der Waals surface area contributed by atoms with E-state index in [4.69, 9.17) is 11.5 Å². The van der Waals surface area contributed by atoms with E-state index in [1.165, 1.54) is 0 Å². The zero-order valence-corrected chi connectivity index (χ0v) is 9.10. The van der Waals surface area contributed by atoms with Crippen LogP contribution in [0.5, 0.6) is 0 Å². The van der Waals surface area contributed by atoms with Crippen LogP contribution in [0, 0.1) is 0 Å². The topological polar surface area (TPSA) is 85.2 Å². The van der Waals surface area contributed by atoms with Crippen LogP contribution in [-0.4, -0.2) is 23.5 Å². The second-order valence-corrected chi connectivity index (χ2v) is 3.96. The Kier molecular flexibility index (Phi) is 3.05. The first-order chi connectivity index (χ1) is 7.72. The van der Waals surface area contributed by atoms with Crippen LogP contribution in [0.15, 0.2) is 18.3 Å². The molecule has 0 spiro atoms. The van der Waals surface area contributed by atoms with Gasteiger partial charge in [-0.3, -0.25) is 9.78 Å². The molecule has 4 N–H and O–H groups in total. The van der Waals surface area contributed by atoms with Crippen molar-refractivity contribution in [3.8, 4) is 0 Å². The van der Waals surface area contributed by atoms with Crippen LogP contribution in [-0.2, 0) is 11.3 Å². The van der Waals surface area contributed by atoms with Gasteiger partial charge in [0.05, 0.1) is 5.69 Å². The molecule has 1 atom stereocenters. The minimum atomic E-state index is -0.261. The quantitative estimate of drug-likeness (QED) is 0.750. The van der Waals surface area contributed by atoms with Crippen molar-refractivity contribution in [2.75, 3.05) is 11.4 Å². The van der Waals surface area contributed by atoms with Crippen LogP contribution < -0.4 is 16.4 Å². The minimum absolute atomic E-state index is 0.187. The van der Waals surface area contributed by atoms with E-state index in [1.54, 1.807) is 6.20 Å². The van der Waals surface area contributed by atoms with E-state index in [9.17, 15) is 4.79 Å². The highest BCUT2D eigenvalue weighted by atomic mass is 16.1. The number of amides is 1. The summed E-state index contributed by atoms with van der Waals surface area (Å²) in [5, 5.41) is 0. The third-order valence-corrected chi connectivity index (χ3v) is 2.92. The lowest BCUT2D eigenvalue weighted by molar-refractivity contribution is -0.119. The van der Waals surface area contributed by atoms with Gasteiger partial charge >= 0.3 is 0 Å². The standard InChI is InChI=1S/C11H16N4O/c12-7-8-6-9(3-4-14-8)15-5-1-2-10(15)11(13)16/h3-4,6,10H,1-2,5,7,12H2,(H2,13,16). The Morgan fingerprint density at radius 1 is 1.62 bits per heavy atom. The van der Waals surface area contributed by atoms with Gasteiger partial charge in [0.2, 0.25) is 5.91 Å². The number of nitrogens with two attached hydrogens (primary N) is 2. The molecule has 1 aliphatic heterocycles. The van der Waals surface area contributed by atoms with Gasteiger partial charge in [0.25, 0.3) is 0 Å². The first-order valence-corrected chi connectivity index (χ1v) is 5.43. The number of hydrogen-bond acceptors (Lipinski definition) is 4. The summed E-state index contributed by atoms with van der Waals surface area (Å²) in [4.78, 5) is 17.4. The molecule has 1 fully saturated rings. The molecule has 86 valence electrons. The molecule has 0 aliphatic carbocycles. The maximum Gasteiger partial charge on any atom is 0.240 e.